The Morgan fingerprint density at radius 2 is 1.67 bits per heavy atom. The highest BCUT2D eigenvalue weighted by atomic mass is 19.4. The van der Waals surface area contributed by atoms with Crippen LogP contribution in [-0.4, -0.2) is 24.2 Å². The van der Waals surface area contributed by atoms with E-state index >= 15 is 0 Å². The minimum absolute atomic E-state index is 0.121. The van der Waals surface area contributed by atoms with Crippen LogP contribution in [0.2, 0.25) is 0 Å². The third kappa shape index (κ3) is 3.51. The van der Waals surface area contributed by atoms with Gasteiger partial charge in [-0.25, -0.2) is 4.98 Å². The van der Waals surface area contributed by atoms with Gasteiger partial charge in [0.2, 0.25) is 0 Å². The summed E-state index contributed by atoms with van der Waals surface area (Å²) in [5, 5.41) is 0. The minimum atomic E-state index is -4.65. The largest absolute Gasteiger partial charge is 0.420 e. The monoisotopic (exact) mass is 313 g/mol. The van der Waals surface area contributed by atoms with Crippen LogP contribution in [0.25, 0.3) is 0 Å². The number of hydrogen-bond donors (Lipinski definition) is 1. The van der Waals surface area contributed by atoms with Gasteiger partial charge in [0.25, 0.3) is 0 Å². The van der Waals surface area contributed by atoms with Crippen molar-refractivity contribution in [3.8, 4) is 0 Å². The smallest absolute Gasteiger partial charge is 0.397 e. The second kappa shape index (κ2) is 5.27. The van der Waals surface area contributed by atoms with Crippen LogP contribution in [0.4, 0.5) is 37.8 Å². The van der Waals surface area contributed by atoms with E-state index in [1.165, 1.54) is 4.90 Å². The first-order valence-corrected chi connectivity index (χ1v) is 6.23. The summed E-state index contributed by atoms with van der Waals surface area (Å²) in [7, 11) is 0. The van der Waals surface area contributed by atoms with Gasteiger partial charge in [0.15, 0.2) is 0 Å². The maximum atomic E-state index is 12.9. The number of halogens is 6. The molecule has 1 aliphatic heterocycles. The molecule has 0 amide bonds. The number of pyridine rings is 1. The van der Waals surface area contributed by atoms with E-state index in [0.29, 0.717) is 0 Å². The second-order valence-electron chi connectivity index (χ2n) is 4.94. The third-order valence-electron chi connectivity index (χ3n) is 3.45. The molecule has 0 aliphatic carbocycles. The maximum Gasteiger partial charge on any atom is 0.420 e. The zero-order valence-electron chi connectivity index (χ0n) is 10.8. The standard InChI is InChI=1S/C12H13F6N3/c13-11(14,15)7-1-3-21(4-2-7)10-9(12(16,17)18)5-8(19)6-20-10/h5-7H,1-4,19H2. The zero-order valence-corrected chi connectivity index (χ0v) is 10.8. The molecule has 0 atom stereocenters. The van der Waals surface area contributed by atoms with Gasteiger partial charge in [0.1, 0.15) is 11.4 Å². The lowest BCUT2D eigenvalue weighted by molar-refractivity contribution is -0.179. The normalized spacial score (nSPS) is 18.1. The molecule has 118 valence electrons. The van der Waals surface area contributed by atoms with E-state index in [9.17, 15) is 26.3 Å². The molecule has 2 heterocycles. The molecule has 21 heavy (non-hydrogen) atoms. The quantitative estimate of drug-likeness (QED) is 0.807. The van der Waals surface area contributed by atoms with Gasteiger partial charge < -0.3 is 10.6 Å². The van der Waals surface area contributed by atoms with Crippen molar-refractivity contribution < 1.29 is 26.3 Å². The molecule has 0 aromatic carbocycles. The molecular weight excluding hydrogens is 300 g/mol. The van der Waals surface area contributed by atoms with E-state index in [0.717, 1.165) is 12.3 Å². The molecule has 1 aliphatic rings. The van der Waals surface area contributed by atoms with Crippen molar-refractivity contribution in [2.24, 2.45) is 5.92 Å². The summed E-state index contributed by atoms with van der Waals surface area (Å²) in [6, 6.07) is 0.748. The first-order valence-electron chi connectivity index (χ1n) is 6.23. The summed E-state index contributed by atoms with van der Waals surface area (Å²) < 4.78 is 76.5. The predicted molar refractivity (Wildman–Crippen MR) is 64.6 cm³/mol. The fraction of sp³-hybridized carbons (Fsp3) is 0.583. The Balaban J connectivity index is 2.21. The lowest BCUT2D eigenvalue weighted by Crippen LogP contribution is -2.40. The Morgan fingerprint density at radius 1 is 1.10 bits per heavy atom. The zero-order chi connectivity index (χ0) is 15.8. The fourth-order valence-corrected chi connectivity index (χ4v) is 2.35. The highest BCUT2D eigenvalue weighted by molar-refractivity contribution is 5.54. The van der Waals surface area contributed by atoms with Crippen LogP contribution in [0.1, 0.15) is 18.4 Å². The second-order valence-corrected chi connectivity index (χ2v) is 4.94. The Hall–Kier alpha value is -1.67. The lowest BCUT2D eigenvalue weighted by Gasteiger charge is -2.34. The highest BCUT2D eigenvalue weighted by Gasteiger charge is 2.43. The molecule has 3 nitrogen and oxygen atoms in total. The van der Waals surface area contributed by atoms with Crippen LogP contribution in [-0.2, 0) is 6.18 Å². The van der Waals surface area contributed by atoms with Crippen molar-refractivity contribution in [2.75, 3.05) is 23.7 Å². The van der Waals surface area contributed by atoms with Gasteiger partial charge in [0.05, 0.1) is 17.8 Å². The Bertz CT molecular complexity index is 503. The van der Waals surface area contributed by atoms with Crippen molar-refractivity contribution in [1.82, 2.24) is 4.98 Å². The average Bonchev–Trinajstić information content (AvgIpc) is 2.37. The van der Waals surface area contributed by atoms with Gasteiger partial charge in [-0.05, 0) is 18.9 Å². The predicted octanol–water partition coefficient (Wildman–Crippen LogP) is 3.46. The van der Waals surface area contributed by atoms with Gasteiger partial charge in [0, 0.05) is 13.1 Å². The Labute approximate surface area is 116 Å². The molecule has 1 aromatic rings. The molecule has 1 fully saturated rings. The molecule has 1 aromatic heterocycles. The number of anilines is 2. The van der Waals surface area contributed by atoms with E-state index in [4.69, 9.17) is 5.73 Å². The van der Waals surface area contributed by atoms with Crippen LogP contribution in [0.3, 0.4) is 0 Å². The van der Waals surface area contributed by atoms with Gasteiger partial charge in [-0.2, -0.15) is 26.3 Å². The maximum absolute atomic E-state index is 12.9. The van der Waals surface area contributed by atoms with Gasteiger partial charge in [-0.3, -0.25) is 0 Å². The molecule has 1 saturated heterocycles. The van der Waals surface area contributed by atoms with E-state index < -0.39 is 23.8 Å². The summed E-state index contributed by atoms with van der Waals surface area (Å²) >= 11 is 0. The first-order chi connectivity index (χ1) is 9.59. The third-order valence-corrected chi connectivity index (χ3v) is 3.45. The average molecular weight is 313 g/mol. The molecule has 2 N–H and O–H groups in total. The molecule has 2 rings (SSSR count). The van der Waals surface area contributed by atoms with Crippen molar-refractivity contribution in [1.29, 1.82) is 0 Å². The molecule has 0 spiro atoms. The van der Waals surface area contributed by atoms with Crippen molar-refractivity contribution in [3.05, 3.63) is 17.8 Å². The van der Waals surface area contributed by atoms with Gasteiger partial charge in [-0.15, -0.1) is 0 Å². The van der Waals surface area contributed by atoms with E-state index in [1.54, 1.807) is 0 Å². The summed E-state index contributed by atoms with van der Waals surface area (Å²) in [6.45, 7) is -0.242. The molecule has 9 heteroatoms. The first kappa shape index (κ1) is 15.7. The van der Waals surface area contributed by atoms with Gasteiger partial charge in [-0.1, -0.05) is 0 Å². The lowest BCUT2D eigenvalue weighted by atomic mass is 9.96. The number of aromatic nitrogens is 1. The van der Waals surface area contributed by atoms with Crippen LogP contribution in [0.5, 0.6) is 0 Å². The van der Waals surface area contributed by atoms with Gasteiger partial charge >= 0.3 is 12.4 Å². The Morgan fingerprint density at radius 3 is 2.14 bits per heavy atom. The topological polar surface area (TPSA) is 42.1 Å². The summed E-state index contributed by atoms with van der Waals surface area (Å²) in [4.78, 5) is 4.88. The van der Waals surface area contributed by atoms with E-state index in [-0.39, 0.29) is 37.4 Å². The summed E-state index contributed by atoms with van der Waals surface area (Å²) in [5.41, 5.74) is 4.14. The molecule has 0 bridgehead atoms. The molecule has 0 radical (unpaired) electrons. The molecule has 0 saturated carbocycles. The summed E-state index contributed by atoms with van der Waals surface area (Å²) in [5.74, 6) is -1.84. The number of nitrogen functional groups attached to an aromatic ring is 1. The fourth-order valence-electron chi connectivity index (χ4n) is 2.35. The van der Waals surface area contributed by atoms with Crippen LogP contribution >= 0.6 is 0 Å². The number of nitrogens with zero attached hydrogens (tertiary/aromatic N) is 2. The Kier molecular flexibility index (Phi) is 3.94. The van der Waals surface area contributed by atoms with Crippen LogP contribution in [0, 0.1) is 5.92 Å². The number of nitrogens with two attached hydrogens (primary N) is 1. The van der Waals surface area contributed by atoms with Crippen molar-refractivity contribution in [3.63, 3.8) is 0 Å². The molecule has 0 unspecified atom stereocenters. The van der Waals surface area contributed by atoms with Crippen molar-refractivity contribution in [2.45, 2.75) is 25.2 Å². The highest BCUT2D eigenvalue weighted by Crippen LogP contribution is 2.39. The van der Waals surface area contributed by atoms with E-state index in [2.05, 4.69) is 4.98 Å². The van der Waals surface area contributed by atoms with E-state index in [1.807, 2.05) is 0 Å². The van der Waals surface area contributed by atoms with Crippen LogP contribution < -0.4 is 10.6 Å². The number of hydrogen-bond acceptors (Lipinski definition) is 3. The van der Waals surface area contributed by atoms with Crippen LogP contribution in [0.15, 0.2) is 12.3 Å². The number of rotatable bonds is 1. The summed E-state index contributed by atoms with van der Waals surface area (Å²) in [6.07, 6.45) is -8.38. The number of alkyl halides is 6. The SMILES string of the molecule is Nc1cnc(N2CCC(C(F)(F)F)CC2)c(C(F)(F)F)c1. The number of piperidine rings is 1. The minimum Gasteiger partial charge on any atom is -0.397 e. The van der Waals surface area contributed by atoms with Crippen molar-refractivity contribution >= 4 is 11.5 Å². The molecular formula is C12H13F6N3.